The van der Waals surface area contributed by atoms with Crippen molar-refractivity contribution in [2.24, 2.45) is 0 Å². The van der Waals surface area contributed by atoms with Crippen molar-refractivity contribution in [3.05, 3.63) is 44.4 Å². The molecule has 5 nitrogen and oxygen atoms in total. The van der Waals surface area contributed by atoms with Crippen LogP contribution in [0.3, 0.4) is 0 Å². The Labute approximate surface area is 106 Å². The second kappa shape index (κ2) is 6.15. The number of nitro groups is 1. The van der Waals surface area contributed by atoms with Crippen LogP contribution >= 0.6 is 15.9 Å². The van der Waals surface area contributed by atoms with E-state index in [1.54, 1.807) is 13.0 Å². The highest BCUT2D eigenvalue weighted by Crippen LogP contribution is 2.23. The Balaban J connectivity index is 2.86. The Bertz CT molecular complexity index is 471. The zero-order valence-electron chi connectivity index (χ0n) is 9.05. The highest BCUT2D eigenvalue weighted by Gasteiger charge is 2.07. The lowest BCUT2D eigenvalue weighted by Gasteiger charge is -1.99. The van der Waals surface area contributed by atoms with Crippen LogP contribution in [0.2, 0.25) is 0 Å². The number of carbonyl (C=O) groups is 1. The molecule has 1 aromatic rings. The molecule has 0 radical (unpaired) electrons. The Kier molecular flexibility index (Phi) is 4.84. The van der Waals surface area contributed by atoms with Crippen LogP contribution in [0.25, 0.3) is 6.08 Å². The van der Waals surface area contributed by atoms with Crippen molar-refractivity contribution >= 4 is 33.7 Å². The summed E-state index contributed by atoms with van der Waals surface area (Å²) in [4.78, 5) is 21.1. The highest BCUT2D eigenvalue weighted by atomic mass is 79.9. The van der Waals surface area contributed by atoms with Gasteiger partial charge in [0.25, 0.3) is 5.69 Å². The number of rotatable bonds is 4. The molecule has 0 saturated heterocycles. The fourth-order valence-corrected chi connectivity index (χ4v) is 1.61. The van der Waals surface area contributed by atoms with E-state index in [2.05, 4.69) is 15.9 Å². The van der Waals surface area contributed by atoms with Crippen molar-refractivity contribution in [3.63, 3.8) is 0 Å². The fourth-order valence-electron chi connectivity index (χ4n) is 1.11. The predicted molar refractivity (Wildman–Crippen MR) is 66.5 cm³/mol. The van der Waals surface area contributed by atoms with Crippen molar-refractivity contribution < 1.29 is 14.5 Å². The topological polar surface area (TPSA) is 69.4 Å². The molecule has 0 atom stereocenters. The van der Waals surface area contributed by atoms with Crippen LogP contribution in [-0.2, 0) is 9.53 Å². The minimum Gasteiger partial charge on any atom is -0.463 e. The van der Waals surface area contributed by atoms with E-state index < -0.39 is 10.9 Å². The monoisotopic (exact) mass is 299 g/mol. The quantitative estimate of drug-likeness (QED) is 0.371. The zero-order chi connectivity index (χ0) is 12.8. The van der Waals surface area contributed by atoms with E-state index in [9.17, 15) is 14.9 Å². The van der Waals surface area contributed by atoms with Gasteiger partial charge in [-0.05, 0) is 40.6 Å². The predicted octanol–water partition coefficient (Wildman–Crippen LogP) is 2.93. The summed E-state index contributed by atoms with van der Waals surface area (Å²) in [5, 5.41) is 10.5. The van der Waals surface area contributed by atoms with Gasteiger partial charge in [0.15, 0.2) is 0 Å². The lowest BCUT2D eigenvalue weighted by Crippen LogP contribution is -1.98. The van der Waals surface area contributed by atoms with Crippen molar-refractivity contribution in [1.82, 2.24) is 0 Å². The lowest BCUT2D eigenvalue weighted by atomic mass is 10.2. The van der Waals surface area contributed by atoms with Crippen LogP contribution in [-0.4, -0.2) is 17.5 Å². The normalized spacial score (nSPS) is 10.5. The first-order valence-electron chi connectivity index (χ1n) is 4.83. The van der Waals surface area contributed by atoms with Crippen molar-refractivity contribution in [1.29, 1.82) is 0 Å². The minimum atomic E-state index is -0.483. The van der Waals surface area contributed by atoms with Crippen LogP contribution in [0.15, 0.2) is 28.7 Å². The molecule has 0 amide bonds. The molecule has 1 rings (SSSR count). The number of ether oxygens (including phenoxy) is 1. The number of benzene rings is 1. The van der Waals surface area contributed by atoms with E-state index in [1.165, 1.54) is 24.3 Å². The first kappa shape index (κ1) is 13.4. The summed E-state index contributed by atoms with van der Waals surface area (Å²) < 4.78 is 5.26. The number of nitrogens with zero attached hydrogens (tertiary/aromatic N) is 1. The molecule has 0 N–H and O–H groups in total. The molecule has 0 spiro atoms. The smallest absolute Gasteiger partial charge is 0.330 e. The van der Waals surface area contributed by atoms with E-state index in [4.69, 9.17) is 4.74 Å². The van der Waals surface area contributed by atoms with Gasteiger partial charge < -0.3 is 4.74 Å². The number of hydrogen-bond acceptors (Lipinski definition) is 4. The van der Waals surface area contributed by atoms with Gasteiger partial charge in [0.1, 0.15) is 0 Å². The Hall–Kier alpha value is -1.69. The summed E-state index contributed by atoms with van der Waals surface area (Å²) in [6.45, 7) is 2.03. The second-order valence-electron chi connectivity index (χ2n) is 3.05. The molecule has 90 valence electrons. The molecule has 0 heterocycles. The van der Waals surface area contributed by atoms with Gasteiger partial charge in [0, 0.05) is 22.7 Å². The number of esters is 1. The Morgan fingerprint density at radius 1 is 1.59 bits per heavy atom. The van der Waals surface area contributed by atoms with Crippen molar-refractivity contribution in [3.8, 4) is 0 Å². The summed E-state index contributed by atoms with van der Waals surface area (Å²) in [7, 11) is 0. The summed E-state index contributed by atoms with van der Waals surface area (Å²) in [6.07, 6.45) is 2.81. The lowest BCUT2D eigenvalue weighted by molar-refractivity contribution is -0.384. The van der Waals surface area contributed by atoms with E-state index in [-0.39, 0.29) is 5.69 Å². The number of carbonyl (C=O) groups excluding carboxylic acids is 1. The molecule has 17 heavy (non-hydrogen) atoms. The Morgan fingerprint density at radius 2 is 2.29 bits per heavy atom. The number of non-ortho nitro benzene ring substituents is 1. The van der Waals surface area contributed by atoms with Gasteiger partial charge in [-0.15, -0.1) is 0 Å². The molecule has 0 unspecified atom stereocenters. The van der Waals surface area contributed by atoms with E-state index >= 15 is 0 Å². The van der Waals surface area contributed by atoms with Crippen LogP contribution in [0.1, 0.15) is 12.5 Å². The third-order valence-electron chi connectivity index (χ3n) is 1.88. The SMILES string of the molecule is CCOC(=O)/C=C/c1ccc([N+](=O)[O-])cc1Br. The van der Waals surface area contributed by atoms with Gasteiger partial charge in [-0.25, -0.2) is 4.79 Å². The molecule has 6 heteroatoms. The summed E-state index contributed by atoms with van der Waals surface area (Å²) in [5.74, 6) is -0.447. The molecule has 0 aromatic heterocycles. The van der Waals surface area contributed by atoms with Crippen LogP contribution in [0.4, 0.5) is 5.69 Å². The molecule has 0 bridgehead atoms. The van der Waals surface area contributed by atoms with Crippen molar-refractivity contribution in [2.45, 2.75) is 6.92 Å². The molecular weight excluding hydrogens is 290 g/mol. The maximum Gasteiger partial charge on any atom is 0.330 e. The third kappa shape index (κ3) is 3.99. The van der Waals surface area contributed by atoms with Gasteiger partial charge in [-0.3, -0.25) is 10.1 Å². The number of nitro benzene ring substituents is 1. The van der Waals surface area contributed by atoms with Gasteiger partial charge >= 0.3 is 5.97 Å². The first-order valence-corrected chi connectivity index (χ1v) is 5.62. The standard InChI is InChI=1S/C11H10BrNO4/c1-2-17-11(14)6-4-8-3-5-9(13(15)16)7-10(8)12/h3-7H,2H2,1H3/b6-4+. The summed E-state index contributed by atoms with van der Waals surface area (Å²) >= 11 is 3.20. The van der Waals surface area contributed by atoms with Gasteiger partial charge in [0.05, 0.1) is 11.5 Å². The average Bonchev–Trinajstić information content (AvgIpc) is 2.27. The number of halogens is 1. The van der Waals surface area contributed by atoms with Gasteiger partial charge in [0.2, 0.25) is 0 Å². The third-order valence-corrected chi connectivity index (χ3v) is 2.57. The molecule has 0 aliphatic rings. The minimum absolute atomic E-state index is 0.00911. The summed E-state index contributed by atoms with van der Waals surface area (Å²) in [5.41, 5.74) is 0.661. The molecule has 0 fully saturated rings. The van der Waals surface area contributed by atoms with Crippen LogP contribution in [0.5, 0.6) is 0 Å². The molecule has 0 aliphatic heterocycles. The largest absolute Gasteiger partial charge is 0.463 e. The second-order valence-corrected chi connectivity index (χ2v) is 3.90. The molecule has 0 saturated carbocycles. The van der Waals surface area contributed by atoms with Crippen LogP contribution in [0, 0.1) is 10.1 Å². The van der Waals surface area contributed by atoms with Gasteiger partial charge in [-0.1, -0.05) is 0 Å². The molecular formula is C11H10BrNO4. The zero-order valence-corrected chi connectivity index (χ0v) is 10.6. The fraction of sp³-hybridized carbons (Fsp3) is 0.182. The molecule has 0 aliphatic carbocycles. The van der Waals surface area contributed by atoms with Gasteiger partial charge in [-0.2, -0.15) is 0 Å². The number of hydrogen-bond donors (Lipinski definition) is 0. The summed E-state index contributed by atoms with van der Waals surface area (Å²) in [6, 6.07) is 4.30. The maximum absolute atomic E-state index is 11.1. The molecule has 1 aromatic carbocycles. The van der Waals surface area contributed by atoms with E-state index in [1.807, 2.05) is 0 Å². The Morgan fingerprint density at radius 3 is 2.82 bits per heavy atom. The average molecular weight is 300 g/mol. The van der Waals surface area contributed by atoms with E-state index in [0.29, 0.717) is 16.6 Å². The van der Waals surface area contributed by atoms with Crippen molar-refractivity contribution in [2.75, 3.05) is 6.61 Å². The first-order chi connectivity index (χ1) is 8.04. The maximum atomic E-state index is 11.1. The van der Waals surface area contributed by atoms with E-state index in [0.717, 1.165) is 0 Å². The highest BCUT2D eigenvalue weighted by molar-refractivity contribution is 9.10. The van der Waals surface area contributed by atoms with Crippen LogP contribution < -0.4 is 0 Å².